The molecule has 2 aromatic rings. The van der Waals surface area contributed by atoms with Gasteiger partial charge in [0.2, 0.25) is 5.13 Å². The number of nitrogens with zero attached hydrogens (tertiary/aromatic N) is 2. The van der Waals surface area contributed by atoms with Gasteiger partial charge in [0.05, 0.1) is 32.0 Å². The van der Waals surface area contributed by atoms with E-state index >= 15 is 0 Å². The highest BCUT2D eigenvalue weighted by Crippen LogP contribution is 2.16. The molecule has 0 aliphatic heterocycles. The van der Waals surface area contributed by atoms with Gasteiger partial charge in [0.1, 0.15) is 5.75 Å². The number of benzene rings is 1. The molecule has 0 radical (unpaired) electrons. The van der Waals surface area contributed by atoms with E-state index in [4.69, 9.17) is 4.74 Å². The molecule has 0 aliphatic carbocycles. The standard InChI is InChI=1S/C17H21N3O3S/c1-12(2)10-23-15-6-4-5-13(7-15)9-18-20-17-19-14(11-24-17)8-16(21)22-3/h4-7,9,11-12H,8,10H2,1-3H3,(H,19,20)/b18-9-. The van der Waals surface area contributed by atoms with Crippen LogP contribution in [0.4, 0.5) is 5.13 Å². The lowest BCUT2D eigenvalue weighted by molar-refractivity contribution is -0.139. The first-order valence-electron chi connectivity index (χ1n) is 7.60. The van der Waals surface area contributed by atoms with E-state index in [1.165, 1.54) is 18.4 Å². The van der Waals surface area contributed by atoms with E-state index in [9.17, 15) is 4.79 Å². The predicted molar refractivity (Wildman–Crippen MR) is 95.8 cm³/mol. The Hall–Kier alpha value is -2.41. The Morgan fingerprint density at radius 2 is 2.29 bits per heavy atom. The van der Waals surface area contributed by atoms with Crippen LogP contribution in [-0.2, 0) is 16.0 Å². The number of hydrogen-bond donors (Lipinski definition) is 1. The SMILES string of the molecule is COC(=O)Cc1csc(N/N=C\c2cccc(OCC(C)C)c2)n1. The fourth-order valence-electron chi connectivity index (χ4n) is 1.77. The summed E-state index contributed by atoms with van der Waals surface area (Å²) in [5.74, 6) is 0.990. The second-order valence-corrected chi connectivity index (χ2v) is 6.40. The molecule has 0 saturated heterocycles. The van der Waals surface area contributed by atoms with Gasteiger partial charge in [0, 0.05) is 5.38 Å². The van der Waals surface area contributed by atoms with Gasteiger partial charge in [0.15, 0.2) is 0 Å². The summed E-state index contributed by atoms with van der Waals surface area (Å²) in [4.78, 5) is 15.5. The van der Waals surface area contributed by atoms with Gasteiger partial charge in [-0.2, -0.15) is 5.10 Å². The molecule has 2 rings (SSSR count). The fourth-order valence-corrected chi connectivity index (χ4v) is 2.43. The number of rotatable bonds is 8. The highest BCUT2D eigenvalue weighted by Gasteiger charge is 2.07. The Kier molecular flexibility index (Phi) is 6.74. The van der Waals surface area contributed by atoms with Crippen LogP contribution in [0.15, 0.2) is 34.7 Å². The van der Waals surface area contributed by atoms with E-state index in [1.807, 2.05) is 24.3 Å². The summed E-state index contributed by atoms with van der Waals surface area (Å²) >= 11 is 1.38. The van der Waals surface area contributed by atoms with E-state index in [2.05, 4.69) is 34.1 Å². The van der Waals surface area contributed by atoms with Gasteiger partial charge in [-0.1, -0.05) is 26.0 Å². The highest BCUT2D eigenvalue weighted by atomic mass is 32.1. The molecule has 0 amide bonds. The van der Waals surface area contributed by atoms with Crippen molar-refractivity contribution < 1.29 is 14.3 Å². The summed E-state index contributed by atoms with van der Waals surface area (Å²) in [6.07, 6.45) is 1.86. The maximum Gasteiger partial charge on any atom is 0.311 e. The molecule has 0 unspecified atom stereocenters. The Bertz CT molecular complexity index is 698. The lowest BCUT2D eigenvalue weighted by Crippen LogP contribution is -2.04. The molecule has 1 aromatic heterocycles. The van der Waals surface area contributed by atoms with Crippen molar-refractivity contribution in [2.75, 3.05) is 19.1 Å². The number of aromatic nitrogens is 1. The Balaban J connectivity index is 1.89. The molecule has 128 valence electrons. The van der Waals surface area contributed by atoms with Gasteiger partial charge in [0.25, 0.3) is 0 Å². The number of nitrogens with one attached hydrogen (secondary N) is 1. The van der Waals surface area contributed by atoms with Crippen LogP contribution in [0, 0.1) is 5.92 Å². The molecule has 0 bridgehead atoms. The average Bonchev–Trinajstić information content (AvgIpc) is 3.00. The van der Waals surface area contributed by atoms with Gasteiger partial charge < -0.3 is 9.47 Å². The Labute approximate surface area is 145 Å². The largest absolute Gasteiger partial charge is 0.493 e. The molecule has 24 heavy (non-hydrogen) atoms. The van der Waals surface area contributed by atoms with Gasteiger partial charge in [-0.15, -0.1) is 11.3 Å². The molecule has 1 aromatic carbocycles. The second-order valence-electron chi connectivity index (χ2n) is 5.54. The van der Waals surface area contributed by atoms with Gasteiger partial charge in [-0.25, -0.2) is 4.98 Å². The van der Waals surface area contributed by atoms with Crippen molar-refractivity contribution in [2.24, 2.45) is 11.0 Å². The van der Waals surface area contributed by atoms with E-state index in [0.717, 1.165) is 11.3 Å². The minimum absolute atomic E-state index is 0.160. The number of methoxy groups -OCH3 is 1. The third kappa shape index (κ3) is 6.00. The highest BCUT2D eigenvalue weighted by molar-refractivity contribution is 7.13. The second kappa shape index (κ2) is 9.02. The van der Waals surface area contributed by atoms with Crippen molar-refractivity contribution in [3.63, 3.8) is 0 Å². The summed E-state index contributed by atoms with van der Waals surface area (Å²) < 4.78 is 10.3. The minimum Gasteiger partial charge on any atom is -0.493 e. The van der Waals surface area contributed by atoms with Crippen LogP contribution in [0.5, 0.6) is 5.75 Å². The molecular formula is C17H21N3O3S. The molecule has 0 atom stereocenters. The number of esters is 1. The number of thiazole rings is 1. The fraction of sp³-hybridized carbons (Fsp3) is 0.353. The van der Waals surface area contributed by atoms with Crippen molar-refractivity contribution >= 4 is 28.7 Å². The minimum atomic E-state index is -0.312. The van der Waals surface area contributed by atoms with Crippen LogP contribution in [0.3, 0.4) is 0 Å². The predicted octanol–water partition coefficient (Wildman–Crippen LogP) is 3.34. The summed E-state index contributed by atoms with van der Waals surface area (Å²) in [6, 6.07) is 7.72. The zero-order chi connectivity index (χ0) is 17.4. The first-order chi connectivity index (χ1) is 11.6. The van der Waals surface area contributed by atoms with Gasteiger partial charge in [-0.3, -0.25) is 10.2 Å². The smallest absolute Gasteiger partial charge is 0.311 e. The molecule has 0 fully saturated rings. The zero-order valence-corrected chi connectivity index (χ0v) is 14.8. The zero-order valence-electron chi connectivity index (χ0n) is 14.0. The van der Waals surface area contributed by atoms with Crippen LogP contribution < -0.4 is 10.2 Å². The normalized spacial score (nSPS) is 11.0. The number of carbonyl (C=O) groups is 1. The van der Waals surface area contributed by atoms with Gasteiger partial charge >= 0.3 is 5.97 Å². The van der Waals surface area contributed by atoms with Crippen molar-refractivity contribution in [3.8, 4) is 5.75 Å². The van der Waals surface area contributed by atoms with Gasteiger partial charge in [-0.05, 0) is 23.6 Å². The van der Waals surface area contributed by atoms with E-state index < -0.39 is 0 Å². The maximum atomic E-state index is 11.2. The summed E-state index contributed by atoms with van der Waals surface area (Å²) in [5, 5.41) is 6.59. The van der Waals surface area contributed by atoms with Crippen LogP contribution >= 0.6 is 11.3 Å². The molecule has 6 nitrogen and oxygen atoms in total. The Morgan fingerprint density at radius 3 is 3.04 bits per heavy atom. The molecule has 7 heteroatoms. The topological polar surface area (TPSA) is 72.8 Å². The van der Waals surface area contributed by atoms with Crippen LogP contribution in [-0.4, -0.2) is 30.9 Å². The van der Waals surface area contributed by atoms with Crippen molar-refractivity contribution in [2.45, 2.75) is 20.3 Å². The van der Waals surface area contributed by atoms with Crippen molar-refractivity contribution in [3.05, 3.63) is 40.9 Å². The summed E-state index contributed by atoms with van der Waals surface area (Å²) in [6.45, 7) is 4.90. The Morgan fingerprint density at radius 1 is 1.46 bits per heavy atom. The lowest BCUT2D eigenvalue weighted by Gasteiger charge is -2.08. The summed E-state index contributed by atoms with van der Waals surface area (Å²) in [7, 11) is 1.36. The average molecular weight is 347 g/mol. The van der Waals surface area contributed by atoms with Crippen LogP contribution in [0.25, 0.3) is 0 Å². The number of ether oxygens (including phenoxy) is 2. The number of anilines is 1. The third-order valence-corrected chi connectivity index (χ3v) is 3.72. The van der Waals surface area contributed by atoms with Crippen LogP contribution in [0.1, 0.15) is 25.1 Å². The van der Waals surface area contributed by atoms with E-state index in [0.29, 0.717) is 23.4 Å². The molecule has 0 saturated carbocycles. The number of hydrogen-bond acceptors (Lipinski definition) is 7. The first kappa shape index (κ1) is 17.9. The maximum absolute atomic E-state index is 11.2. The molecular weight excluding hydrogens is 326 g/mol. The first-order valence-corrected chi connectivity index (χ1v) is 8.48. The third-order valence-electron chi connectivity index (χ3n) is 2.92. The van der Waals surface area contributed by atoms with Crippen molar-refractivity contribution in [1.82, 2.24) is 4.98 Å². The monoisotopic (exact) mass is 347 g/mol. The molecule has 1 N–H and O–H groups in total. The lowest BCUT2D eigenvalue weighted by atomic mass is 10.2. The number of carbonyl (C=O) groups excluding carboxylic acids is 1. The van der Waals surface area contributed by atoms with E-state index in [1.54, 1.807) is 11.6 Å². The molecule has 1 heterocycles. The van der Waals surface area contributed by atoms with Crippen LogP contribution in [0.2, 0.25) is 0 Å². The molecule has 0 spiro atoms. The summed E-state index contributed by atoms with van der Waals surface area (Å²) in [5.41, 5.74) is 4.45. The number of hydrazone groups is 1. The molecule has 0 aliphatic rings. The van der Waals surface area contributed by atoms with E-state index in [-0.39, 0.29) is 12.4 Å². The quantitative estimate of drug-likeness (QED) is 0.450. The van der Waals surface area contributed by atoms with Crippen molar-refractivity contribution in [1.29, 1.82) is 0 Å².